The van der Waals surface area contributed by atoms with Crippen molar-refractivity contribution in [2.45, 2.75) is 38.3 Å². The lowest BCUT2D eigenvalue weighted by atomic mass is 9.87. The van der Waals surface area contributed by atoms with E-state index in [1.807, 2.05) is 47.0 Å². The van der Waals surface area contributed by atoms with Crippen LogP contribution in [0.2, 0.25) is 0 Å². The van der Waals surface area contributed by atoms with E-state index in [9.17, 15) is 4.79 Å². The summed E-state index contributed by atoms with van der Waals surface area (Å²) in [7, 11) is 0. The summed E-state index contributed by atoms with van der Waals surface area (Å²) in [5, 5.41) is 9.75. The molecule has 5 aromatic rings. The topological polar surface area (TPSA) is 47.8 Å². The van der Waals surface area contributed by atoms with Crippen molar-refractivity contribution >= 4 is 17.5 Å². The van der Waals surface area contributed by atoms with E-state index >= 15 is 0 Å². The Labute approximate surface area is 228 Å². The molecule has 5 rings (SSSR count). The molecule has 0 aliphatic carbocycles. The summed E-state index contributed by atoms with van der Waals surface area (Å²) < 4.78 is 2.04. The quantitative estimate of drug-likeness (QED) is 0.161. The molecule has 0 saturated heterocycles. The lowest BCUT2D eigenvalue weighted by molar-refractivity contribution is 0.102. The highest BCUT2D eigenvalue weighted by atomic mass is 32.2. The average molecular weight is 518 g/mol. The van der Waals surface area contributed by atoms with Crippen LogP contribution in [0.5, 0.6) is 0 Å². The lowest BCUT2D eigenvalue weighted by Gasteiger charge is -2.19. The highest BCUT2D eigenvalue weighted by Crippen LogP contribution is 2.31. The number of carbonyl (C=O) groups is 1. The number of benzene rings is 4. The lowest BCUT2D eigenvalue weighted by Crippen LogP contribution is -2.10. The normalized spacial score (nSPS) is 11.5. The molecule has 0 radical (unpaired) electrons. The van der Waals surface area contributed by atoms with E-state index in [1.165, 1.54) is 22.9 Å². The van der Waals surface area contributed by atoms with Crippen molar-refractivity contribution < 1.29 is 4.79 Å². The molecule has 4 nitrogen and oxygen atoms in total. The number of nitrogens with zero attached hydrogens (tertiary/aromatic N) is 3. The maximum Gasteiger partial charge on any atom is 0.196 e. The van der Waals surface area contributed by atoms with Crippen molar-refractivity contribution in [3.05, 3.63) is 120 Å². The first-order chi connectivity index (χ1) is 18.3. The highest BCUT2D eigenvalue weighted by molar-refractivity contribution is 7.99. The van der Waals surface area contributed by atoms with Gasteiger partial charge in [-0.1, -0.05) is 129 Å². The summed E-state index contributed by atoms with van der Waals surface area (Å²) in [4.78, 5) is 13.1. The van der Waals surface area contributed by atoms with E-state index in [0.29, 0.717) is 10.7 Å². The number of thioether (sulfide) groups is 1. The van der Waals surface area contributed by atoms with Gasteiger partial charge in [-0.3, -0.25) is 9.36 Å². The number of ketones is 1. The number of aryl methyl sites for hydroxylation is 1. The van der Waals surface area contributed by atoms with E-state index in [2.05, 4.69) is 98.6 Å². The minimum atomic E-state index is 0.0594. The Morgan fingerprint density at radius 2 is 1.34 bits per heavy atom. The van der Waals surface area contributed by atoms with Gasteiger partial charge < -0.3 is 0 Å². The minimum absolute atomic E-state index is 0.0594. The van der Waals surface area contributed by atoms with Crippen molar-refractivity contribution in [2.75, 3.05) is 5.75 Å². The van der Waals surface area contributed by atoms with Crippen LogP contribution in [0.4, 0.5) is 0 Å². The maximum absolute atomic E-state index is 13.1. The molecule has 190 valence electrons. The van der Waals surface area contributed by atoms with Crippen molar-refractivity contribution in [1.82, 2.24) is 14.8 Å². The summed E-state index contributed by atoms with van der Waals surface area (Å²) in [6.07, 6.45) is 0. The zero-order chi connectivity index (χ0) is 26.7. The third-order valence-electron chi connectivity index (χ3n) is 6.58. The van der Waals surface area contributed by atoms with E-state index in [4.69, 9.17) is 0 Å². The van der Waals surface area contributed by atoms with Crippen LogP contribution in [0.25, 0.3) is 28.2 Å². The van der Waals surface area contributed by atoms with Crippen LogP contribution in [0, 0.1) is 6.92 Å². The number of hydrogen-bond acceptors (Lipinski definition) is 4. The second-order valence-electron chi connectivity index (χ2n) is 10.5. The third kappa shape index (κ3) is 5.63. The second-order valence-corrected chi connectivity index (χ2v) is 11.4. The zero-order valence-corrected chi connectivity index (χ0v) is 23.0. The second kappa shape index (κ2) is 10.8. The SMILES string of the molecule is Cc1ccc(-n2c(SCC(=O)c3ccc(-c4ccccc4)cc3)nnc2-c2ccc(C(C)(C)C)cc2)cc1. The van der Waals surface area contributed by atoms with Gasteiger partial charge in [0.15, 0.2) is 16.8 Å². The summed E-state index contributed by atoms with van der Waals surface area (Å²) in [5.74, 6) is 1.10. The predicted octanol–water partition coefficient (Wildman–Crippen LogP) is 8.18. The summed E-state index contributed by atoms with van der Waals surface area (Å²) in [6, 6.07) is 34.8. The Bertz CT molecular complexity index is 1530. The number of hydrogen-bond donors (Lipinski definition) is 0. The average Bonchev–Trinajstić information content (AvgIpc) is 3.36. The van der Waals surface area contributed by atoms with Gasteiger partial charge in [-0.2, -0.15) is 0 Å². The number of rotatable bonds is 7. The molecule has 0 aliphatic rings. The Morgan fingerprint density at radius 3 is 1.97 bits per heavy atom. The molecule has 0 unspecified atom stereocenters. The van der Waals surface area contributed by atoms with E-state index in [0.717, 1.165) is 28.2 Å². The molecule has 4 aromatic carbocycles. The van der Waals surface area contributed by atoms with Gasteiger partial charge in [0.25, 0.3) is 0 Å². The minimum Gasteiger partial charge on any atom is -0.293 e. The van der Waals surface area contributed by atoms with Gasteiger partial charge >= 0.3 is 0 Å². The molecule has 5 heteroatoms. The Hall–Kier alpha value is -3.96. The van der Waals surface area contributed by atoms with Gasteiger partial charge in [0, 0.05) is 16.8 Å². The molecule has 1 aromatic heterocycles. The number of aromatic nitrogens is 3. The highest BCUT2D eigenvalue weighted by Gasteiger charge is 2.19. The number of carbonyl (C=O) groups excluding carboxylic acids is 1. The molecule has 0 atom stereocenters. The van der Waals surface area contributed by atoms with Gasteiger partial charge in [-0.05, 0) is 41.2 Å². The maximum atomic E-state index is 13.1. The smallest absolute Gasteiger partial charge is 0.196 e. The van der Waals surface area contributed by atoms with E-state index in [-0.39, 0.29) is 17.0 Å². The molecular weight excluding hydrogens is 486 g/mol. The predicted molar refractivity (Wildman–Crippen MR) is 157 cm³/mol. The molecule has 0 amide bonds. The Kier molecular flexibility index (Phi) is 7.30. The van der Waals surface area contributed by atoms with Crippen molar-refractivity contribution in [3.63, 3.8) is 0 Å². The largest absolute Gasteiger partial charge is 0.293 e. The van der Waals surface area contributed by atoms with Crippen molar-refractivity contribution in [3.8, 4) is 28.2 Å². The van der Waals surface area contributed by atoms with Gasteiger partial charge in [-0.25, -0.2) is 0 Å². The first-order valence-corrected chi connectivity index (χ1v) is 13.7. The fourth-order valence-electron chi connectivity index (χ4n) is 4.29. The van der Waals surface area contributed by atoms with Gasteiger partial charge in [-0.15, -0.1) is 10.2 Å². The standard InChI is InChI=1S/C33H31N3OS/c1-23-10-20-29(21-11-23)36-31(27-16-18-28(19-17-27)33(2,3)4)34-35-32(36)38-22-30(37)26-14-12-25(13-15-26)24-8-6-5-7-9-24/h5-21H,22H2,1-4H3. The molecule has 1 heterocycles. The van der Waals surface area contributed by atoms with Crippen LogP contribution < -0.4 is 0 Å². The van der Waals surface area contributed by atoms with Crippen molar-refractivity contribution in [1.29, 1.82) is 0 Å². The summed E-state index contributed by atoms with van der Waals surface area (Å²) in [5.41, 5.74) is 7.40. The molecule has 0 bridgehead atoms. The van der Waals surface area contributed by atoms with Crippen LogP contribution in [-0.4, -0.2) is 26.3 Å². The fourth-order valence-corrected chi connectivity index (χ4v) is 5.14. The van der Waals surface area contributed by atoms with Gasteiger partial charge in [0.1, 0.15) is 0 Å². The molecule has 38 heavy (non-hydrogen) atoms. The van der Waals surface area contributed by atoms with Crippen molar-refractivity contribution in [2.24, 2.45) is 0 Å². The molecule has 0 N–H and O–H groups in total. The third-order valence-corrected chi connectivity index (χ3v) is 7.51. The molecule has 0 saturated carbocycles. The first kappa shape index (κ1) is 25.7. The molecular formula is C33H31N3OS. The monoisotopic (exact) mass is 517 g/mol. The summed E-state index contributed by atoms with van der Waals surface area (Å²) in [6.45, 7) is 8.69. The number of Topliss-reactive ketones (excluding diaryl/α,β-unsaturated/α-hetero) is 1. The first-order valence-electron chi connectivity index (χ1n) is 12.7. The fraction of sp³-hybridized carbons (Fsp3) is 0.182. The zero-order valence-electron chi connectivity index (χ0n) is 22.2. The Balaban J connectivity index is 1.40. The molecule has 0 aliphatic heterocycles. The van der Waals surface area contributed by atoms with E-state index < -0.39 is 0 Å². The summed E-state index contributed by atoms with van der Waals surface area (Å²) >= 11 is 1.41. The van der Waals surface area contributed by atoms with Crippen LogP contribution in [-0.2, 0) is 5.41 Å². The molecule has 0 spiro atoms. The van der Waals surface area contributed by atoms with Gasteiger partial charge in [0.2, 0.25) is 0 Å². The van der Waals surface area contributed by atoms with Gasteiger partial charge in [0.05, 0.1) is 5.75 Å². The molecule has 0 fully saturated rings. The van der Waals surface area contributed by atoms with Crippen LogP contribution in [0.1, 0.15) is 42.3 Å². The Morgan fingerprint density at radius 1 is 0.737 bits per heavy atom. The van der Waals surface area contributed by atoms with E-state index in [1.54, 1.807) is 0 Å². The van der Waals surface area contributed by atoms with Crippen LogP contribution >= 0.6 is 11.8 Å². The van der Waals surface area contributed by atoms with Crippen LogP contribution in [0.3, 0.4) is 0 Å². The van der Waals surface area contributed by atoms with Crippen LogP contribution in [0.15, 0.2) is 108 Å².